The zero-order chi connectivity index (χ0) is 23.4. The van der Waals surface area contributed by atoms with Gasteiger partial charge >= 0.3 is 0 Å². The zero-order valence-electron chi connectivity index (χ0n) is 20.6. The van der Waals surface area contributed by atoms with Crippen LogP contribution in [0.3, 0.4) is 0 Å². The normalized spacial score (nSPS) is 44.8. The Hall–Kier alpha value is -0.240. The van der Waals surface area contributed by atoms with E-state index in [0.717, 1.165) is 89.9 Å². The summed E-state index contributed by atoms with van der Waals surface area (Å²) in [6.45, 7) is 0. The minimum Gasteiger partial charge on any atom is -0.393 e. The molecule has 0 spiro atoms. The van der Waals surface area contributed by atoms with Crippen LogP contribution >= 0.6 is 0 Å². The number of hydrogen-bond acceptors (Lipinski definition) is 6. The Balaban J connectivity index is 1.35. The van der Waals surface area contributed by atoms with Crippen molar-refractivity contribution in [3.8, 4) is 0 Å². The average Bonchev–Trinajstić information content (AvgIpc) is 2.84. The lowest BCUT2D eigenvalue weighted by Crippen LogP contribution is -2.47. The summed E-state index contributed by atoms with van der Waals surface area (Å²) in [5.41, 5.74) is 0. The summed E-state index contributed by atoms with van der Waals surface area (Å²) in [5.74, 6) is 0.383. The molecule has 0 heterocycles. The quantitative estimate of drug-likeness (QED) is 0.456. The number of methoxy groups -OCH3 is 1. The van der Waals surface area contributed by atoms with Crippen molar-refractivity contribution in [2.24, 2.45) is 23.7 Å². The minimum absolute atomic E-state index is 0.0125. The standard InChI is InChI=1S/C27H48O6/c1-32-25-16-18(28)13-14-22(25)26(30)17-7-6-8-19(15-17)33-24-12-5-3-10-21(24)27(31)20-9-2-4-11-23(20)29/h17-31H,2-16H2,1H3. The van der Waals surface area contributed by atoms with Crippen LogP contribution in [0.4, 0.5) is 0 Å². The van der Waals surface area contributed by atoms with Gasteiger partial charge in [-0.15, -0.1) is 0 Å². The largest absolute Gasteiger partial charge is 0.393 e. The summed E-state index contributed by atoms with van der Waals surface area (Å²) in [7, 11) is 1.69. The second kappa shape index (κ2) is 12.1. The van der Waals surface area contributed by atoms with Crippen LogP contribution < -0.4 is 0 Å². The lowest BCUT2D eigenvalue weighted by molar-refractivity contribution is -0.140. The van der Waals surface area contributed by atoms with Crippen molar-refractivity contribution in [1.82, 2.24) is 0 Å². The van der Waals surface area contributed by atoms with E-state index < -0.39 is 12.2 Å². The van der Waals surface area contributed by atoms with Crippen LogP contribution in [-0.4, -0.2) is 70.3 Å². The maximum atomic E-state index is 11.3. The molecule has 0 aromatic carbocycles. The third-order valence-corrected chi connectivity index (χ3v) is 9.49. The number of hydrogen-bond donors (Lipinski definition) is 4. The Kier molecular flexibility index (Phi) is 9.50. The van der Waals surface area contributed by atoms with Crippen LogP contribution in [0.25, 0.3) is 0 Å². The minimum atomic E-state index is -0.480. The molecule has 0 aromatic heterocycles. The first kappa shape index (κ1) is 25.8. The fraction of sp³-hybridized carbons (Fsp3) is 1.00. The van der Waals surface area contributed by atoms with Crippen LogP contribution in [0.5, 0.6) is 0 Å². The molecule has 33 heavy (non-hydrogen) atoms. The topological polar surface area (TPSA) is 99.4 Å². The molecule has 0 bridgehead atoms. The average molecular weight is 469 g/mol. The first-order valence-corrected chi connectivity index (χ1v) is 13.9. The van der Waals surface area contributed by atoms with Gasteiger partial charge in [0.1, 0.15) is 0 Å². The van der Waals surface area contributed by atoms with E-state index in [1.165, 1.54) is 0 Å². The third-order valence-electron chi connectivity index (χ3n) is 9.49. The molecule has 4 aliphatic rings. The van der Waals surface area contributed by atoms with E-state index in [1.54, 1.807) is 7.11 Å². The molecule has 6 heteroatoms. The summed E-state index contributed by atoms with van der Waals surface area (Å²) in [5, 5.41) is 43.0. The summed E-state index contributed by atoms with van der Waals surface area (Å²) in [6.07, 6.45) is 12.7. The molecular weight excluding hydrogens is 420 g/mol. The number of aliphatic hydroxyl groups excluding tert-OH is 4. The van der Waals surface area contributed by atoms with Gasteiger partial charge in [0, 0.05) is 24.9 Å². The van der Waals surface area contributed by atoms with E-state index in [2.05, 4.69) is 0 Å². The van der Waals surface area contributed by atoms with Crippen LogP contribution in [0.1, 0.15) is 96.3 Å². The molecule has 4 rings (SSSR count). The first-order valence-electron chi connectivity index (χ1n) is 13.9. The fourth-order valence-corrected chi connectivity index (χ4v) is 7.55. The molecular formula is C27H48O6. The number of aliphatic hydroxyl groups is 4. The lowest BCUT2D eigenvalue weighted by Gasteiger charge is -2.44. The van der Waals surface area contributed by atoms with Gasteiger partial charge in [-0.05, 0) is 70.1 Å². The predicted molar refractivity (Wildman–Crippen MR) is 127 cm³/mol. The monoisotopic (exact) mass is 468 g/mol. The summed E-state index contributed by atoms with van der Waals surface area (Å²) < 4.78 is 12.3. The highest BCUT2D eigenvalue weighted by molar-refractivity contribution is 4.92. The van der Waals surface area contributed by atoms with E-state index in [1.807, 2.05) is 0 Å². The van der Waals surface area contributed by atoms with E-state index >= 15 is 0 Å². The van der Waals surface area contributed by atoms with Gasteiger partial charge in [0.2, 0.25) is 0 Å². The fourth-order valence-electron chi connectivity index (χ4n) is 7.55. The van der Waals surface area contributed by atoms with Gasteiger partial charge in [-0.3, -0.25) is 0 Å². The smallest absolute Gasteiger partial charge is 0.0648 e. The summed E-state index contributed by atoms with van der Waals surface area (Å²) in [4.78, 5) is 0. The van der Waals surface area contributed by atoms with Gasteiger partial charge < -0.3 is 29.9 Å². The van der Waals surface area contributed by atoms with Gasteiger partial charge in [-0.25, -0.2) is 0 Å². The van der Waals surface area contributed by atoms with Gasteiger partial charge in [-0.1, -0.05) is 32.1 Å². The molecule has 0 aromatic rings. The lowest BCUT2D eigenvalue weighted by atomic mass is 9.72. The van der Waals surface area contributed by atoms with Crippen molar-refractivity contribution in [3.05, 3.63) is 0 Å². The van der Waals surface area contributed by atoms with E-state index in [0.29, 0.717) is 6.42 Å². The SMILES string of the molecule is COC1CC(O)CCC1C(O)C1CCCC(OC2CCCCC2C(O)C2CCCCC2O)C1. The van der Waals surface area contributed by atoms with Crippen molar-refractivity contribution in [2.45, 2.75) is 139 Å². The van der Waals surface area contributed by atoms with Crippen molar-refractivity contribution >= 4 is 0 Å². The van der Waals surface area contributed by atoms with E-state index in [-0.39, 0.29) is 54.2 Å². The molecule has 4 fully saturated rings. The Morgan fingerprint density at radius 3 is 2.09 bits per heavy atom. The van der Waals surface area contributed by atoms with E-state index in [9.17, 15) is 20.4 Å². The Morgan fingerprint density at radius 2 is 1.33 bits per heavy atom. The van der Waals surface area contributed by atoms with Gasteiger partial charge in [0.05, 0.1) is 42.7 Å². The Labute approximate surface area is 200 Å². The molecule has 0 aliphatic heterocycles. The maximum absolute atomic E-state index is 11.3. The number of ether oxygens (including phenoxy) is 2. The predicted octanol–water partition coefficient (Wildman–Crippen LogP) is 3.57. The second-order valence-electron chi connectivity index (χ2n) is 11.6. The van der Waals surface area contributed by atoms with Crippen molar-refractivity contribution < 1.29 is 29.9 Å². The van der Waals surface area contributed by atoms with Crippen molar-refractivity contribution in [2.75, 3.05) is 7.11 Å². The molecule has 6 nitrogen and oxygen atoms in total. The molecule has 4 N–H and O–H groups in total. The van der Waals surface area contributed by atoms with Crippen LogP contribution in [0.15, 0.2) is 0 Å². The van der Waals surface area contributed by atoms with Crippen molar-refractivity contribution in [3.63, 3.8) is 0 Å². The van der Waals surface area contributed by atoms with Crippen LogP contribution in [0, 0.1) is 23.7 Å². The molecule has 0 radical (unpaired) electrons. The number of rotatable bonds is 7. The molecule has 4 saturated carbocycles. The summed E-state index contributed by atoms with van der Waals surface area (Å²) >= 11 is 0. The molecule has 11 atom stereocenters. The third kappa shape index (κ3) is 6.31. The van der Waals surface area contributed by atoms with E-state index in [4.69, 9.17) is 9.47 Å². The van der Waals surface area contributed by atoms with Crippen LogP contribution in [0.2, 0.25) is 0 Å². The van der Waals surface area contributed by atoms with Crippen LogP contribution in [-0.2, 0) is 9.47 Å². The Bertz CT molecular complexity index is 587. The highest BCUT2D eigenvalue weighted by Crippen LogP contribution is 2.41. The second-order valence-corrected chi connectivity index (χ2v) is 11.6. The molecule has 4 aliphatic carbocycles. The van der Waals surface area contributed by atoms with Crippen molar-refractivity contribution in [1.29, 1.82) is 0 Å². The molecule has 11 unspecified atom stereocenters. The molecule has 192 valence electrons. The zero-order valence-corrected chi connectivity index (χ0v) is 20.6. The molecule has 0 amide bonds. The Morgan fingerprint density at radius 1 is 0.636 bits per heavy atom. The molecule has 0 saturated heterocycles. The highest BCUT2D eigenvalue weighted by Gasteiger charge is 2.42. The highest BCUT2D eigenvalue weighted by atomic mass is 16.5. The van der Waals surface area contributed by atoms with Gasteiger partial charge in [0.15, 0.2) is 0 Å². The van der Waals surface area contributed by atoms with Gasteiger partial charge in [-0.2, -0.15) is 0 Å². The summed E-state index contributed by atoms with van der Waals surface area (Å²) in [6, 6.07) is 0. The van der Waals surface area contributed by atoms with Gasteiger partial charge in [0.25, 0.3) is 0 Å². The maximum Gasteiger partial charge on any atom is 0.0648 e. The first-order chi connectivity index (χ1) is 16.0.